The van der Waals surface area contributed by atoms with Gasteiger partial charge in [0.1, 0.15) is 0 Å². The molecule has 0 saturated carbocycles. The Labute approximate surface area is 77.3 Å². The average Bonchev–Trinajstić information content (AvgIpc) is 2.09. The molecule has 0 atom stereocenters. The van der Waals surface area contributed by atoms with Gasteiger partial charge in [0.05, 0.1) is 5.75 Å². The quantitative estimate of drug-likeness (QED) is 0.775. The molecule has 5 nitrogen and oxygen atoms in total. The zero-order valence-electron chi connectivity index (χ0n) is 7.48. The maximum Gasteiger partial charge on any atom is 0.236 e. The Balaban J connectivity index is 2.82. The molecule has 0 saturated heterocycles. The summed E-state index contributed by atoms with van der Waals surface area (Å²) < 4.78 is 24.4. The molecule has 13 heavy (non-hydrogen) atoms. The molecular weight excluding hydrogens is 190 g/mol. The zero-order chi connectivity index (χ0) is 9.90. The van der Waals surface area contributed by atoms with Gasteiger partial charge < -0.3 is 0 Å². The van der Waals surface area contributed by atoms with Crippen molar-refractivity contribution in [1.82, 2.24) is 9.97 Å². The summed E-state index contributed by atoms with van der Waals surface area (Å²) in [4.78, 5) is 7.62. The van der Waals surface area contributed by atoms with Gasteiger partial charge in [-0.25, -0.2) is 18.4 Å². The fourth-order valence-corrected chi connectivity index (χ4v) is 1.18. The number of nitrogens with zero attached hydrogens (tertiary/aromatic N) is 2. The van der Waals surface area contributed by atoms with Crippen molar-refractivity contribution in [2.24, 2.45) is 0 Å². The Morgan fingerprint density at radius 1 is 1.38 bits per heavy atom. The summed E-state index contributed by atoms with van der Waals surface area (Å²) in [6.07, 6.45) is 3.11. The minimum Gasteiger partial charge on any atom is -0.251 e. The van der Waals surface area contributed by atoms with Crippen LogP contribution in [0.15, 0.2) is 12.4 Å². The van der Waals surface area contributed by atoms with Crippen molar-refractivity contribution in [2.75, 3.05) is 10.5 Å². The van der Waals surface area contributed by atoms with E-state index >= 15 is 0 Å². The lowest BCUT2D eigenvalue weighted by atomic mass is 10.4. The number of sulfonamides is 1. The van der Waals surface area contributed by atoms with Gasteiger partial charge in [0.15, 0.2) is 0 Å². The molecule has 0 aliphatic rings. The van der Waals surface area contributed by atoms with Crippen LogP contribution in [0.3, 0.4) is 0 Å². The van der Waals surface area contributed by atoms with E-state index in [0.29, 0.717) is 0 Å². The van der Waals surface area contributed by atoms with E-state index in [-0.39, 0.29) is 11.7 Å². The molecule has 72 valence electrons. The Bertz CT molecular complexity index is 371. The maximum atomic E-state index is 11.1. The van der Waals surface area contributed by atoms with Gasteiger partial charge in [0.2, 0.25) is 16.0 Å². The molecule has 0 aromatic carbocycles. The van der Waals surface area contributed by atoms with Crippen molar-refractivity contribution < 1.29 is 8.42 Å². The third-order valence-corrected chi connectivity index (χ3v) is 2.66. The third kappa shape index (κ3) is 2.98. The maximum absolute atomic E-state index is 11.1. The SMILES string of the molecule is CCS(=O)(=O)Nc1ncc(C)cn1. The summed E-state index contributed by atoms with van der Waals surface area (Å²) in [5.41, 5.74) is 0.888. The Kier molecular flexibility index (Phi) is 2.82. The molecule has 0 unspecified atom stereocenters. The van der Waals surface area contributed by atoms with Gasteiger partial charge in [-0.1, -0.05) is 0 Å². The van der Waals surface area contributed by atoms with E-state index in [4.69, 9.17) is 0 Å². The predicted octanol–water partition coefficient (Wildman–Crippen LogP) is 0.547. The number of nitrogens with one attached hydrogen (secondary N) is 1. The average molecular weight is 201 g/mol. The van der Waals surface area contributed by atoms with E-state index in [9.17, 15) is 8.42 Å². The summed E-state index contributed by atoms with van der Waals surface area (Å²) in [6, 6.07) is 0. The lowest BCUT2D eigenvalue weighted by molar-refractivity contribution is 0.602. The van der Waals surface area contributed by atoms with Crippen LogP contribution in [0, 0.1) is 6.92 Å². The molecular formula is C7H11N3O2S. The Morgan fingerprint density at radius 3 is 2.38 bits per heavy atom. The highest BCUT2D eigenvalue weighted by atomic mass is 32.2. The molecule has 1 N–H and O–H groups in total. The van der Waals surface area contributed by atoms with Crippen LogP contribution in [-0.4, -0.2) is 24.1 Å². The first-order chi connectivity index (χ1) is 6.03. The molecule has 0 bridgehead atoms. The van der Waals surface area contributed by atoms with Crippen LogP contribution in [0.2, 0.25) is 0 Å². The molecule has 0 aliphatic heterocycles. The first-order valence-corrected chi connectivity index (χ1v) is 5.48. The summed E-state index contributed by atoms with van der Waals surface area (Å²) in [5.74, 6) is 0.136. The minimum absolute atomic E-state index is 0.0181. The van der Waals surface area contributed by atoms with Gasteiger partial charge in [-0.2, -0.15) is 0 Å². The van der Waals surface area contributed by atoms with Crippen LogP contribution in [0.4, 0.5) is 5.95 Å². The van der Waals surface area contributed by atoms with Gasteiger partial charge >= 0.3 is 0 Å². The lowest BCUT2D eigenvalue weighted by Crippen LogP contribution is -2.16. The smallest absolute Gasteiger partial charge is 0.236 e. The highest BCUT2D eigenvalue weighted by Gasteiger charge is 2.07. The fraction of sp³-hybridized carbons (Fsp3) is 0.429. The second-order valence-electron chi connectivity index (χ2n) is 2.59. The fourth-order valence-electron chi connectivity index (χ4n) is 0.657. The van der Waals surface area contributed by atoms with Gasteiger partial charge in [-0.15, -0.1) is 0 Å². The van der Waals surface area contributed by atoms with E-state index in [1.54, 1.807) is 19.3 Å². The van der Waals surface area contributed by atoms with Gasteiger partial charge in [0.25, 0.3) is 0 Å². The van der Waals surface area contributed by atoms with Crippen molar-refractivity contribution in [3.8, 4) is 0 Å². The number of aryl methyl sites for hydroxylation is 1. The van der Waals surface area contributed by atoms with Gasteiger partial charge in [-0.3, -0.25) is 4.72 Å². The predicted molar refractivity (Wildman–Crippen MR) is 49.9 cm³/mol. The highest BCUT2D eigenvalue weighted by Crippen LogP contribution is 2.01. The third-order valence-electron chi connectivity index (χ3n) is 1.41. The van der Waals surface area contributed by atoms with E-state index in [1.807, 2.05) is 6.92 Å². The first kappa shape index (κ1) is 9.91. The molecule has 1 rings (SSSR count). The summed E-state index contributed by atoms with van der Waals surface area (Å²) in [7, 11) is -3.26. The Hall–Kier alpha value is -1.17. The summed E-state index contributed by atoms with van der Waals surface area (Å²) in [5, 5.41) is 0. The van der Waals surface area contributed by atoms with E-state index in [0.717, 1.165) is 5.56 Å². The van der Waals surface area contributed by atoms with E-state index in [2.05, 4.69) is 14.7 Å². The molecule has 1 aromatic rings. The van der Waals surface area contributed by atoms with E-state index < -0.39 is 10.0 Å². The van der Waals surface area contributed by atoms with Crippen molar-refractivity contribution in [1.29, 1.82) is 0 Å². The molecule has 0 spiro atoms. The molecule has 1 heterocycles. The highest BCUT2D eigenvalue weighted by molar-refractivity contribution is 7.92. The largest absolute Gasteiger partial charge is 0.251 e. The van der Waals surface area contributed by atoms with Crippen LogP contribution in [0.5, 0.6) is 0 Å². The van der Waals surface area contributed by atoms with Gasteiger partial charge in [-0.05, 0) is 19.4 Å². The monoisotopic (exact) mass is 201 g/mol. The zero-order valence-corrected chi connectivity index (χ0v) is 8.30. The molecule has 0 fully saturated rings. The number of aromatic nitrogens is 2. The minimum atomic E-state index is -3.26. The second kappa shape index (κ2) is 3.69. The number of anilines is 1. The topological polar surface area (TPSA) is 72.0 Å². The van der Waals surface area contributed by atoms with Crippen molar-refractivity contribution in [2.45, 2.75) is 13.8 Å². The normalized spacial score (nSPS) is 11.2. The summed E-state index contributed by atoms with van der Waals surface area (Å²) >= 11 is 0. The Morgan fingerprint density at radius 2 is 1.92 bits per heavy atom. The number of rotatable bonds is 3. The second-order valence-corrected chi connectivity index (χ2v) is 4.60. The van der Waals surface area contributed by atoms with Gasteiger partial charge in [0, 0.05) is 12.4 Å². The standard InChI is InChI=1S/C7H11N3O2S/c1-3-13(11,12)10-7-8-4-6(2)5-9-7/h4-5H,3H2,1-2H3,(H,8,9,10). The van der Waals surface area contributed by atoms with E-state index in [1.165, 1.54) is 0 Å². The summed E-state index contributed by atoms with van der Waals surface area (Å²) in [6.45, 7) is 3.38. The first-order valence-electron chi connectivity index (χ1n) is 3.82. The molecule has 0 amide bonds. The molecule has 0 radical (unpaired) electrons. The molecule has 0 aliphatic carbocycles. The van der Waals surface area contributed by atoms with Crippen molar-refractivity contribution in [3.63, 3.8) is 0 Å². The van der Waals surface area contributed by atoms with Crippen LogP contribution >= 0.6 is 0 Å². The molecule has 1 aromatic heterocycles. The van der Waals surface area contributed by atoms with Crippen LogP contribution in [0.1, 0.15) is 12.5 Å². The lowest BCUT2D eigenvalue weighted by Gasteiger charge is -2.02. The van der Waals surface area contributed by atoms with Crippen molar-refractivity contribution >= 4 is 16.0 Å². The molecule has 6 heteroatoms. The van der Waals surface area contributed by atoms with Crippen molar-refractivity contribution in [3.05, 3.63) is 18.0 Å². The van der Waals surface area contributed by atoms with Crippen LogP contribution < -0.4 is 4.72 Å². The van der Waals surface area contributed by atoms with Crippen LogP contribution in [0.25, 0.3) is 0 Å². The van der Waals surface area contributed by atoms with Crippen LogP contribution in [-0.2, 0) is 10.0 Å². The number of hydrogen-bond acceptors (Lipinski definition) is 4. The number of hydrogen-bond donors (Lipinski definition) is 1.